The number of fused-ring (bicyclic) bond motifs is 2. The highest BCUT2D eigenvalue weighted by Gasteiger charge is 2.41. The molecule has 3 heterocycles. The first-order valence-corrected chi connectivity index (χ1v) is 9.44. The first kappa shape index (κ1) is 20.2. The van der Waals surface area contributed by atoms with Crippen molar-refractivity contribution in [3.8, 4) is 0 Å². The summed E-state index contributed by atoms with van der Waals surface area (Å²) in [4.78, 5) is 18.0. The van der Waals surface area contributed by atoms with Crippen LogP contribution < -0.4 is 20.9 Å². The lowest BCUT2D eigenvalue weighted by Crippen LogP contribution is -2.47. The fraction of sp³-hybridized carbons (Fsp3) is 0.579. The Morgan fingerprint density at radius 1 is 1.33 bits per heavy atom. The zero-order chi connectivity index (χ0) is 17.9. The quantitative estimate of drug-likeness (QED) is 0.340. The Morgan fingerprint density at radius 3 is 2.78 bits per heavy atom. The van der Waals surface area contributed by atoms with Crippen molar-refractivity contribution in [2.24, 2.45) is 4.99 Å². The number of benzene rings is 1. The number of amides is 1. The minimum Gasteiger partial charge on any atom is -0.373 e. The van der Waals surface area contributed by atoms with Crippen molar-refractivity contribution in [2.75, 3.05) is 31.6 Å². The molecule has 0 aliphatic carbocycles. The maximum atomic E-state index is 11.5. The average molecular weight is 485 g/mol. The van der Waals surface area contributed by atoms with Gasteiger partial charge in [0.1, 0.15) is 0 Å². The van der Waals surface area contributed by atoms with E-state index in [-0.39, 0.29) is 29.9 Å². The van der Waals surface area contributed by atoms with Crippen LogP contribution in [0.5, 0.6) is 0 Å². The SMILES string of the molecule is CN=C(NCc1ccc(N2CCNC(=O)C2)cc1)NC1CC2CCC1O2.I. The maximum Gasteiger partial charge on any atom is 0.239 e. The van der Waals surface area contributed by atoms with Gasteiger partial charge < -0.3 is 25.6 Å². The number of carbonyl (C=O) groups excluding carboxylic acids is 1. The van der Waals surface area contributed by atoms with Crippen LogP contribution in [-0.4, -0.2) is 56.8 Å². The van der Waals surface area contributed by atoms with Gasteiger partial charge in [-0.15, -0.1) is 24.0 Å². The second kappa shape index (κ2) is 9.09. The first-order valence-electron chi connectivity index (χ1n) is 9.44. The molecule has 0 spiro atoms. The number of rotatable bonds is 4. The summed E-state index contributed by atoms with van der Waals surface area (Å²) in [5, 5.41) is 9.73. The van der Waals surface area contributed by atoms with Crippen molar-refractivity contribution >= 4 is 41.5 Å². The Bertz CT molecular complexity index is 681. The molecule has 3 fully saturated rings. The lowest BCUT2D eigenvalue weighted by atomic mass is 9.96. The van der Waals surface area contributed by atoms with Crippen molar-refractivity contribution in [2.45, 2.75) is 44.1 Å². The molecule has 27 heavy (non-hydrogen) atoms. The number of piperazine rings is 1. The smallest absolute Gasteiger partial charge is 0.239 e. The third-order valence-corrected chi connectivity index (χ3v) is 5.45. The number of nitrogens with zero attached hydrogens (tertiary/aromatic N) is 2. The molecule has 3 N–H and O–H groups in total. The standard InChI is InChI=1S/C19H27N5O2.HI/c1-20-19(23-16-10-15-6-7-17(16)26-15)22-11-13-2-4-14(5-3-13)24-9-8-21-18(25)12-24;/h2-5,15-17H,6-12H2,1H3,(H,21,25)(H2,20,22,23);1H. The monoisotopic (exact) mass is 485 g/mol. The molecule has 2 bridgehead atoms. The van der Waals surface area contributed by atoms with Gasteiger partial charge in [0, 0.05) is 32.4 Å². The van der Waals surface area contributed by atoms with Crippen molar-refractivity contribution in [1.29, 1.82) is 0 Å². The average Bonchev–Trinajstić information content (AvgIpc) is 3.28. The summed E-state index contributed by atoms with van der Waals surface area (Å²) in [5.41, 5.74) is 2.27. The Morgan fingerprint density at radius 2 is 2.15 bits per heavy atom. The van der Waals surface area contributed by atoms with Crippen molar-refractivity contribution < 1.29 is 9.53 Å². The van der Waals surface area contributed by atoms with Gasteiger partial charge in [-0.2, -0.15) is 0 Å². The molecular formula is C19H28IN5O2. The van der Waals surface area contributed by atoms with Crippen LogP contribution in [0.1, 0.15) is 24.8 Å². The number of hydrogen-bond acceptors (Lipinski definition) is 4. The van der Waals surface area contributed by atoms with Gasteiger partial charge in [0.2, 0.25) is 5.91 Å². The highest BCUT2D eigenvalue weighted by molar-refractivity contribution is 14.0. The predicted octanol–water partition coefficient (Wildman–Crippen LogP) is 1.23. The molecule has 3 aliphatic rings. The summed E-state index contributed by atoms with van der Waals surface area (Å²) < 4.78 is 5.89. The molecule has 3 saturated heterocycles. The molecule has 1 aromatic rings. The summed E-state index contributed by atoms with van der Waals surface area (Å²) in [7, 11) is 1.80. The first-order chi connectivity index (χ1) is 12.7. The van der Waals surface area contributed by atoms with E-state index in [9.17, 15) is 4.79 Å². The Hall–Kier alpha value is -1.55. The van der Waals surface area contributed by atoms with Crippen LogP contribution >= 0.6 is 24.0 Å². The molecule has 3 unspecified atom stereocenters. The van der Waals surface area contributed by atoms with Crippen LogP contribution in [-0.2, 0) is 16.1 Å². The highest BCUT2D eigenvalue weighted by Crippen LogP contribution is 2.34. The van der Waals surface area contributed by atoms with Gasteiger partial charge in [0.25, 0.3) is 0 Å². The third kappa shape index (κ3) is 4.84. The van der Waals surface area contributed by atoms with Gasteiger partial charge in [-0.05, 0) is 37.0 Å². The molecule has 3 atom stereocenters. The molecule has 7 nitrogen and oxygen atoms in total. The number of hydrogen-bond donors (Lipinski definition) is 3. The highest BCUT2D eigenvalue weighted by atomic mass is 127. The Balaban J connectivity index is 0.00000210. The minimum atomic E-state index is 0. The van der Waals surface area contributed by atoms with E-state index in [1.807, 2.05) is 0 Å². The van der Waals surface area contributed by atoms with Gasteiger partial charge in [0.05, 0.1) is 24.8 Å². The van der Waals surface area contributed by atoms with Gasteiger partial charge in [-0.25, -0.2) is 0 Å². The van der Waals surface area contributed by atoms with Gasteiger partial charge in [-0.1, -0.05) is 12.1 Å². The molecule has 1 aromatic carbocycles. The van der Waals surface area contributed by atoms with Gasteiger partial charge in [-0.3, -0.25) is 9.79 Å². The molecule has 0 aromatic heterocycles. The molecular weight excluding hydrogens is 457 g/mol. The van der Waals surface area contributed by atoms with E-state index in [1.54, 1.807) is 7.05 Å². The van der Waals surface area contributed by atoms with E-state index >= 15 is 0 Å². The number of ether oxygens (including phenoxy) is 1. The molecule has 1 amide bonds. The zero-order valence-corrected chi connectivity index (χ0v) is 17.9. The van der Waals surface area contributed by atoms with E-state index in [4.69, 9.17) is 4.74 Å². The summed E-state index contributed by atoms with van der Waals surface area (Å²) in [5.74, 6) is 0.907. The summed E-state index contributed by atoms with van der Waals surface area (Å²) in [6.07, 6.45) is 4.18. The molecule has 8 heteroatoms. The molecule has 4 rings (SSSR count). The number of guanidine groups is 1. The van der Waals surface area contributed by atoms with Crippen LogP contribution in [0.4, 0.5) is 5.69 Å². The fourth-order valence-electron chi connectivity index (χ4n) is 4.03. The maximum absolute atomic E-state index is 11.5. The summed E-state index contributed by atoms with van der Waals surface area (Å²) in [6.45, 7) is 2.70. The molecule has 3 aliphatic heterocycles. The Kier molecular flexibility index (Phi) is 6.80. The Labute approximate surface area is 177 Å². The van der Waals surface area contributed by atoms with Crippen LogP contribution in [0.3, 0.4) is 0 Å². The van der Waals surface area contributed by atoms with Crippen LogP contribution in [0.2, 0.25) is 0 Å². The number of carbonyl (C=O) groups is 1. The number of halogens is 1. The van der Waals surface area contributed by atoms with Gasteiger partial charge in [0.15, 0.2) is 5.96 Å². The zero-order valence-electron chi connectivity index (χ0n) is 15.6. The lowest BCUT2D eigenvalue weighted by Gasteiger charge is -2.28. The van der Waals surface area contributed by atoms with E-state index < -0.39 is 0 Å². The predicted molar refractivity (Wildman–Crippen MR) is 117 cm³/mol. The number of anilines is 1. The van der Waals surface area contributed by atoms with Crippen molar-refractivity contribution in [3.05, 3.63) is 29.8 Å². The lowest BCUT2D eigenvalue weighted by molar-refractivity contribution is -0.120. The second-order valence-electron chi connectivity index (χ2n) is 7.22. The molecule has 148 valence electrons. The summed E-state index contributed by atoms with van der Waals surface area (Å²) in [6, 6.07) is 8.73. The van der Waals surface area contributed by atoms with Gasteiger partial charge >= 0.3 is 0 Å². The minimum absolute atomic E-state index is 0. The van der Waals surface area contributed by atoms with E-state index in [1.165, 1.54) is 12.0 Å². The number of nitrogens with one attached hydrogen (secondary N) is 3. The summed E-state index contributed by atoms with van der Waals surface area (Å²) >= 11 is 0. The third-order valence-electron chi connectivity index (χ3n) is 5.45. The van der Waals surface area contributed by atoms with E-state index in [0.717, 1.165) is 31.0 Å². The second-order valence-corrected chi connectivity index (χ2v) is 7.22. The van der Waals surface area contributed by atoms with E-state index in [2.05, 4.69) is 50.1 Å². The van der Waals surface area contributed by atoms with E-state index in [0.29, 0.717) is 37.9 Å². The van der Waals surface area contributed by atoms with Crippen LogP contribution in [0, 0.1) is 0 Å². The molecule has 0 saturated carbocycles. The normalized spacial score (nSPS) is 27.1. The largest absolute Gasteiger partial charge is 0.373 e. The van der Waals surface area contributed by atoms with Crippen LogP contribution in [0.25, 0.3) is 0 Å². The van der Waals surface area contributed by atoms with Crippen molar-refractivity contribution in [1.82, 2.24) is 16.0 Å². The molecule has 0 radical (unpaired) electrons. The topological polar surface area (TPSA) is 78.0 Å². The number of aliphatic imine (C=N–C) groups is 1. The van der Waals surface area contributed by atoms with Crippen LogP contribution in [0.15, 0.2) is 29.3 Å². The fourth-order valence-corrected chi connectivity index (χ4v) is 4.03. The van der Waals surface area contributed by atoms with Crippen molar-refractivity contribution in [3.63, 3.8) is 0 Å².